The molecule has 0 fully saturated rings. The first-order valence-electron chi connectivity index (χ1n) is 9.16. The van der Waals surface area contributed by atoms with Gasteiger partial charge in [0.25, 0.3) is 5.91 Å². The Hall–Kier alpha value is -2.97. The normalized spacial score (nSPS) is 14.8. The summed E-state index contributed by atoms with van der Waals surface area (Å²) in [6, 6.07) is 3.10. The molecular formula is C19H14F8N2O4S. The topological polar surface area (TPSA) is 76.6 Å². The summed E-state index contributed by atoms with van der Waals surface area (Å²) in [4.78, 5) is 17.1. The van der Waals surface area contributed by atoms with E-state index in [0.717, 1.165) is 35.4 Å². The monoisotopic (exact) mass is 518 g/mol. The lowest BCUT2D eigenvalue weighted by molar-refractivity contribution is -0.290. The van der Waals surface area contributed by atoms with Crippen LogP contribution < -0.4 is 4.74 Å². The third-order valence-electron chi connectivity index (χ3n) is 4.81. The van der Waals surface area contributed by atoms with Crippen LogP contribution in [-0.2, 0) is 29.1 Å². The van der Waals surface area contributed by atoms with Crippen LogP contribution >= 0.6 is 0 Å². The van der Waals surface area contributed by atoms with Gasteiger partial charge in [-0.2, -0.15) is 35.1 Å². The van der Waals surface area contributed by atoms with Gasteiger partial charge in [0, 0.05) is 19.0 Å². The Labute approximate surface area is 187 Å². The lowest BCUT2D eigenvalue weighted by Gasteiger charge is -2.22. The standard InChI is InChI=1S/C19H14F8N2O4S/c1-34(31,32)12-2-3-15(33-9-17(20,21)19(25,26)27)13(5-12)16(30)29-7-10-4-11(18(22,23)24)6-28-14(10)8-29/h2-6H,7-9H2,1H3. The zero-order valence-corrected chi connectivity index (χ0v) is 17.8. The van der Waals surface area contributed by atoms with Crippen molar-refractivity contribution in [3.05, 3.63) is 52.8 Å². The van der Waals surface area contributed by atoms with Gasteiger partial charge in [0.15, 0.2) is 16.4 Å². The molecule has 34 heavy (non-hydrogen) atoms. The highest BCUT2D eigenvalue weighted by Crippen LogP contribution is 2.37. The molecule has 0 aliphatic carbocycles. The van der Waals surface area contributed by atoms with E-state index in [-0.39, 0.29) is 17.8 Å². The first-order chi connectivity index (χ1) is 15.4. The van der Waals surface area contributed by atoms with Crippen molar-refractivity contribution in [3.63, 3.8) is 0 Å². The molecule has 186 valence electrons. The fraction of sp³-hybridized carbons (Fsp3) is 0.368. The van der Waals surface area contributed by atoms with Gasteiger partial charge in [0.2, 0.25) is 0 Å². The second-order valence-corrected chi connectivity index (χ2v) is 9.43. The minimum absolute atomic E-state index is 0.0357. The number of hydrogen-bond donors (Lipinski definition) is 0. The Balaban J connectivity index is 1.94. The molecule has 1 aromatic heterocycles. The SMILES string of the molecule is CS(=O)(=O)c1ccc(OCC(F)(F)C(F)(F)F)c(C(=O)N2Cc3cc(C(F)(F)F)cnc3C2)c1. The summed E-state index contributed by atoms with van der Waals surface area (Å²) in [6.07, 6.45) is -9.32. The van der Waals surface area contributed by atoms with Crippen LogP contribution in [0.3, 0.4) is 0 Å². The highest BCUT2D eigenvalue weighted by Gasteiger charge is 2.58. The Morgan fingerprint density at radius 3 is 2.26 bits per heavy atom. The number of amides is 1. The van der Waals surface area contributed by atoms with Crippen molar-refractivity contribution >= 4 is 15.7 Å². The van der Waals surface area contributed by atoms with Crippen molar-refractivity contribution < 1.29 is 53.1 Å². The van der Waals surface area contributed by atoms with Gasteiger partial charge in [0.05, 0.1) is 28.3 Å². The van der Waals surface area contributed by atoms with Gasteiger partial charge in [-0.25, -0.2) is 8.42 Å². The maximum absolute atomic E-state index is 13.3. The largest absolute Gasteiger partial charge is 0.486 e. The third kappa shape index (κ3) is 5.23. The number of pyridine rings is 1. The fourth-order valence-electron chi connectivity index (χ4n) is 3.01. The number of halogens is 8. The highest BCUT2D eigenvalue weighted by molar-refractivity contribution is 7.90. The van der Waals surface area contributed by atoms with E-state index in [9.17, 15) is 48.3 Å². The molecule has 6 nitrogen and oxygen atoms in total. The number of ether oxygens (including phenoxy) is 1. The highest BCUT2D eigenvalue weighted by atomic mass is 32.2. The third-order valence-corrected chi connectivity index (χ3v) is 5.92. The van der Waals surface area contributed by atoms with Crippen molar-refractivity contribution in [2.24, 2.45) is 0 Å². The molecule has 1 aromatic carbocycles. The molecule has 2 heterocycles. The van der Waals surface area contributed by atoms with Crippen molar-refractivity contribution in [2.75, 3.05) is 12.9 Å². The Morgan fingerprint density at radius 1 is 1.06 bits per heavy atom. The summed E-state index contributed by atoms with van der Waals surface area (Å²) < 4.78 is 131. The van der Waals surface area contributed by atoms with E-state index in [1.807, 2.05) is 0 Å². The molecular weight excluding hydrogens is 504 g/mol. The Bertz CT molecular complexity index is 1230. The summed E-state index contributed by atoms with van der Waals surface area (Å²) in [5.74, 6) is -7.10. The van der Waals surface area contributed by atoms with Crippen LogP contribution in [0.1, 0.15) is 27.2 Å². The zero-order valence-electron chi connectivity index (χ0n) is 17.0. The molecule has 0 N–H and O–H groups in total. The zero-order chi connectivity index (χ0) is 25.7. The number of fused-ring (bicyclic) bond motifs is 1. The second kappa shape index (κ2) is 8.36. The Morgan fingerprint density at radius 2 is 1.71 bits per heavy atom. The van der Waals surface area contributed by atoms with Crippen LogP contribution in [0.2, 0.25) is 0 Å². The summed E-state index contributed by atoms with van der Waals surface area (Å²) in [6.45, 7) is -2.90. The molecule has 1 amide bonds. The van der Waals surface area contributed by atoms with Crippen molar-refractivity contribution in [1.82, 2.24) is 9.88 Å². The van der Waals surface area contributed by atoms with E-state index in [0.29, 0.717) is 6.20 Å². The lowest BCUT2D eigenvalue weighted by atomic mass is 10.1. The fourth-order valence-corrected chi connectivity index (χ4v) is 3.66. The quantitative estimate of drug-likeness (QED) is 0.554. The van der Waals surface area contributed by atoms with Crippen LogP contribution in [0.15, 0.2) is 35.4 Å². The number of rotatable bonds is 5. The summed E-state index contributed by atoms with van der Waals surface area (Å²) in [5.41, 5.74) is -1.59. The molecule has 1 aliphatic rings. The molecule has 0 unspecified atom stereocenters. The van der Waals surface area contributed by atoms with Gasteiger partial charge in [-0.05, 0) is 29.8 Å². The lowest BCUT2D eigenvalue weighted by Crippen LogP contribution is -2.42. The van der Waals surface area contributed by atoms with Gasteiger partial charge < -0.3 is 9.64 Å². The number of alkyl halides is 8. The number of carbonyl (C=O) groups excluding carboxylic acids is 1. The van der Waals surface area contributed by atoms with Crippen LogP contribution in [0, 0.1) is 0 Å². The summed E-state index contributed by atoms with van der Waals surface area (Å²) in [5, 5.41) is 0. The van der Waals surface area contributed by atoms with E-state index in [1.165, 1.54) is 0 Å². The van der Waals surface area contributed by atoms with Gasteiger partial charge in [-0.15, -0.1) is 0 Å². The predicted molar refractivity (Wildman–Crippen MR) is 98.9 cm³/mol. The first kappa shape index (κ1) is 25.6. The van der Waals surface area contributed by atoms with Crippen LogP contribution in [0.5, 0.6) is 5.75 Å². The number of sulfone groups is 1. The van der Waals surface area contributed by atoms with Crippen LogP contribution in [0.4, 0.5) is 35.1 Å². The molecule has 0 bridgehead atoms. The smallest absolute Gasteiger partial charge is 0.456 e. The summed E-state index contributed by atoms with van der Waals surface area (Å²) >= 11 is 0. The van der Waals surface area contributed by atoms with E-state index in [1.54, 1.807) is 0 Å². The van der Waals surface area contributed by atoms with E-state index in [2.05, 4.69) is 9.72 Å². The second-order valence-electron chi connectivity index (χ2n) is 7.41. The van der Waals surface area contributed by atoms with Gasteiger partial charge in [-0.3, -0.25) is 9.78 Å². The average Bonchev–Trinajstić information content (AvgIpc) is 3.13. The molecule has 15 heteroatoms. The van der Waals surface area contributed by atoms with Crippen molar-refractivity contribution in [2.45, 2.75) is 36.3 Å². The molecule has 0 saturated carbocycles. The predicted octanol–water partition coefficient (Wildman–Crippen LogP) is 4.24. The molecule has 3 rings (SSSR count). The Kier molecular flexibility index (Phi) is 6.30. The van der Waals surface area contributed by atoms with Gasteiger partial charge in [0.1, 0.15) is 5.75 Å². The average molecular weight is 518 g/mol. The number of nitrogens with zero attached hydrogens (tertiary/aromatic N) is 2. The number of aromatic nitrogens is 1. The van der Waals surface area contributed by atoms with Crippen molar-refractivity contribution in [3.8, 4) is 5.75 Å². The molecule has 0 spiro atoms. The van der Waals surface area contributed by atoms with Gasteiger partial charge >= 0.3 is 18.3 Å². The van der Waals surface area contributed by atoms with E-state index < -0.39 is 68.9 Å². The first-order valence-corrected chi connectivity index (χ1v) is 11.0. The maximum Gasteiger partial charge on any atom is 0.456 e. The van der Waals surface area contributed by atoms with Crippen molar-refractivity contribution in [1.29, 1.82) is 0 Å². The molecule has 0 radical (unpaired) electrons. The number of carbonyl (C=O) groups is 1. The molecule has 2 aromatic rings. The summed E-state index contributed by atoms with van der Waals surface area (Å²) in [7, 11) is -3.93. The van der Waals surface area contributed by atoms with Crippen LogP contribution in [-0.4, -0.2) is 49.2 Å². The minimum Gasteiger partial charge on any atom is -0.486 e. The van der Waals surface area contributed by atoms with Crippen LogP contribution in [0.25, 0.3) is 0 Å². The van der Waals surface area contributed by atoms with E-state index in [4.69, 9.17) is 0 Å². The van der Waals surface area contributed by atoms with E-state index >= 15 is 0 Å². The number of hydrogen-bond acceptors (Lipinski definition) is 5. The minimum atomic E-state index is -5.94. The number of benzene rings is 1. The van der Waals surface area contributed by atoms with Gasteiger partial charge in [-0.1, -0.05) is 0 Å². The maximum atomic E-state index is 13.3. The molecule has 0 saturated heterocycles. The molecule has 0 atom stereocenters. The molecule has 1 aliphatic heterocycles.